The molecule has 0 bridgehead atoms. The molecule has 14 heavy (non-hydrogen) atoms. The Morgan fingerprint density at radius 1 is 1.29 bits per heavy atom. The summed E-state index contributed by atoms with van der Waals surface area (Å²) in [6.45, 7) is 13.1. The summed E-state index contributed by atoms with van der Waals surface area (Å²) in [5.74, 6) is 0.809. The normalized spacial score (nSPS) is 22.2. The summed E-state index contributed by atoms with van der Waals surface area (Å²) >= 11 is 0. The molecule has 0 spiro atoms. The van der Waals surface area contributed by atoms with Crippen molar-refractivity contribution in [1.82, 2.24) is 10.2 Å². The first kappa shape index (κ1) is 11.5. The van der Waals surface area contributed by atoms with E-state index < -0.39 is 0 Å². The summed E-state index contributed by atoms with van der Waals surface area (Å²) < 4.78 is 0. The maximum absolute atomic E-state index is 3.78. The molecule has 0 unspecified atom stereocenters. The van der Waals surface area contributed by atoms with Crippen LogP contribution in [0.2, 0.25) is 0 Å². The first-order valence-corrected chi connectivity index (χ1v) is 5.51. The number of nitrogens with zero attached hydrogens (tertiary/aromatic N) is 1. The standard InChI is InChI=1S/C12H22N2/c1-3-8-14(9-4-2)11-12-6-5-7-13-10-12/h3-4,12-13H,1-2,5-11H2/t12-/m0/s1. The molecule has 2 heteroatoms. The van der Waals surface area contributed by atoms with Crippen LogP contribution in [-0.4, -0.2) is 37.6 Å². The van der Waals surface area contributed by atoms with Crippen LogP contribution >= 0.6 is 0 Å². The molecule has 0 amide bonds. The van der Waals surface area contributed by atoms with Crippen LogP contribution in [0.4, 0.5) is 0 Å². The van der Waals surface area contributed by atoms with Gasteiger partial charge in [-0.2, -0.15) is 0 Å². The molecule has 0 aliphatic carbocycles. The molecule has 1 N–H and O–H groups in total. The van der Waals surface area contributed by atoms with Crippen molar-refractivity contribution in [2.45, 2.75) is 12.8 Å². The maximum Gasteiger partial charge on any atom is 0.0164 e. The Labute approximate surface area is 87.7 Å². The van der Waals surface area contributed by atoms with Crippen LogP contribution in [0.15, 0.2) is 25.3 Å². The van der Waals surface area contributed by atoms with Gasteiger partial charge in [-0.1, -0.05) is 12.2 Å². The van der Waals surface area contributed by atoms with Gasteiger partial charge < -0.3 is 5.32 Å². The van der Waals surface area contributed by atoms with E-state index in [4.69, 9.17) is 0 Å². The second kappa shape index (κ2) is 6.80. The zero-order chi connectivity index (χ0) is 10.2. The molecule has 1 rings (SSSR count). The highest BCUT2D eigenvalue weighted by atomic mass is 15.1. The number of nitrogens with one attached hydrogen (secondary N) is 1. The number of hydrogen-bond acceptors (Lipinski definition) is 2. The van der Waals surface area contributed by atoms with Gasteiger partial charge in [-0.25, -0.2) is 0 Å². The molecule has 0 aromatic rings. The first-order chi connectivity index (χ1) is 6.86. The van der Waals surface area contributed by atoms with Gasteiger partial charge in [0.2, 0.25) is 0 Å². The monoisotopic (exact) mass is 194 g/mol. The van der Waals surface area contributed by atoms with Gasteiger partial charge in [-0.05, 0) is 31.8 Å². The van der Waals surface area contributed by atoms with Crippen LogP contribution in [-0.2, 0) is 0 Å². The van der Waals surface area contributed by atoms with E-state index in [0.717, 1.165) is 19.0 Å². The lowest BCUT2D eigenvalue weighted by Gasteiger charge is -2.28. The van der Waals surface area contributed by atoms with Crippen molar-refractivity contribution in [1.29, 1.82) is 0 Å². The second-order valence-corrected chi connectivity index (χ2v) is 4.01. The predicted molar refractivity (Wildman–Crippen MR) is 62.4 cm³/mol. The van der Waals surface area contributed by atoms with E-state index in [0.29, 0.717) is 0 Å². The summed E-state index contributed by atoms with van der Waals surface area (Å²) in [4.78, 5) is 2.40. The van der Waals surface area contributed by atoms with E-state index >= 15 is 0 Å². The lowest BCUT2D eigenvalue weighted by Crippen LogP contribution is -2.38. The number of hydrogen-bond donors (Lipinski definition) is 1. The van der Waals surface area contributed by atoms with E-state index in [2.05, 4.69) is 23.4 Å². The molecular weight excluding hydrogens is 172 g/mol. The Morgan fingerprint density at radius 2 is 2.00 bits per heavy atom. The van der Waals surface area contributed by atoms with Gasteiger partial charge in [0.15, 0.2) is 0 Å². The van der Waals surface area contributed by atoms with Gasteiger partial charge in [0.25, 0.3) is 0 Å². The molecule has 0 radical (unpaired) electrons. The summed E-state index contributed by atoms with van der Waals surface area (Å²) in [6.07, 6.45) is 6.62. The van der Waals surface area contributed by atoms with Crippen molar-refractivity contribution >= 4 is 0 Å². The van der Waals surface area contributed by atoms with Crippen molar-refractivity contribution < 1.29 is 0 Å². The van der Waals surface area contributed by atoms with E-state index in [1.54, 1.807) is 0 Å². The smallest absolute Gasteiger partial charge is 0.0164 e. The number of rotatable bonds is 6. The third kappa shape index (κ3) is 4.07. The quantitative estimate of drug-likeness (QED) is 0.647. The molecule has 0 aromatic heterocycles. The molecule has 1 aliphatic heterocycles. The summed E-state index contributed by atoms with van der Waals surface area (Å²) in [6, 6.07) is 0. The molecule has 1 fully saturated rings. The minimum absolute atomic E-state index is 0.809. The van der Waals surface area contributed by atoms with E-state index in [-0.39, 0.29) is 0 Å². The van der Waals surface area contributed by atoms with Gasteiger partial charge in [0, 0.05) is 19.6 Å². The van der Waals surface area contributed by atoms with Gasteiger partial charge in [0.05, 0.1) is 0 Å². The molecule has 1 saturated heterocycles. The van der Waals surface area contributed by atoms with Crippen molar-refractivity contribution in [2.24, 2.45) is 5.92 Å². The fourth-order valence-corrected chi connectivity index (χ4v) is 2.03. The van der Waals surface area contributed by atoms with Crippen LogP contribution < -0.4 is 5.32 Å². The topological polar surface area (TPSA) is 15.3 Å². The molecular formula is C12H22N2. The minimum Gasteiger partial charge on any atom is -0.316 e. The highest BCUT2D eigenvalue weighted by Gasteiger charge is 2.15. The van der Waals surface area contributed by atoms with E-state index in [9.17, 15) is 0 Å². The van der Waals surface area contributed by atoms with Gasteiger partial charge in [0.1, 0.15) is 0 Å². The maximum atomic E-state index is 3.78. The zero-order valence-corrected chi connectivity index (χ0v) is 9.04. The van der Waals surface area contributed by atoms with Crippen LogP contribution in [0.25, 0.3) is 0 Å². The van der Waals surface area contributed by atoms with Crippen LogP contribution in [0.5, 0.6) is 0 Å². The highest BCUT2D eigenvalue weighted by molar-refractivity contribution is 4.82. The van der Waals surface area contributed by atoms with Gasteiger partial charge in [-0.15, -0.1) is 13.2 Å². The SMILES string of the molecule is C=CCN(CC=C)C[C@H]1CCCNC1. The molecule has 1 atom stereocenters. The average Bonchev–Trinajstić information content (AvgIpc) is 2.20. The summed E-state index contributed by atoms with van der Waals surface area (Å²) in [7, 11) is 0. The van der Waals surface area contributed by atoms with Gasteiger partial charge in [-0.3, -0.25) is 4.90 Å². The van der Waals surface area contributed by atoms with Crippen molar-refractivity contribution in [3.05, 3.63) is 25.3 Å². The van der Waals surface area contributed by atoms with Crippen molar-refractivity contribution in [3.63, 3.8) is 0 Å². The van der Waals surface area contributed by atoms with Crippen molar-refractivity contribution in [2.75, 3.05) is 32.7 Å². The number of piperidine rings is 1. The predicted octanol–water partition coefficient (Wildman–Crippen LogP) is 1.66. The van der Waals surface area contributed by atoms with Gasteiger partial charge >= 0.3 is 0 Å². The zero-order valence-electron chi connectivity index (χ0n) is 9.04. The lowest BCUT2D eigenvalue weighted by molar-refractivity contribution is 0.242. The fraction of sp³-hybridized carbons (Fsp3) is 0.667. The molecule has 2 nitrogen and oxygen atoms in total. The summed E-state index contributed by atoms with van der Waals surface area (Å²) in [5, 5.41) is 3.45. The second-order valence-electron chi connectivity index (χ2n) is 4.01. The Kier molecular flexibility index (Phi) is 5.57. The molecule has 1 aliphatic rings. The van der Waals surface area contributed by atoms with Crippen LogP contribution in [0, 0.1) is 5.92 Å². The third-order valence-electron chi connectivity index (χ3n) is 2.69. The summed E-state index contributed by atoms with van der Waals surface area (Å²) in [5.41, 5.74) is 0. The molecule has 0 aromatic carbocycles. The van der Waals surface area contributed by atoms with Crippen molar-refractivity contribution in [3.8, 4) is 0 Å². The van der Waals surface area contributed by atoms with Crippen LogP contribution in [0.3, 0.4) is 0 Å². The Balaban J connectivity index is 2.28. The van der Waals surface area contributed by atoms with E-state index in [1.807, 2.05) is 12.2 Å². The fourth-order valence-electron chi connectivity index (χ4n) is 2.03. The van der Waals surface area contributed by atoms with Crippen LogP contribution in [0.1, 0.15) is 12.8 Å². The van der Waals surface area contributed by atoms with E-state index in [1.165, 1.54) is 32.5 Å². The largest absolute Gasteiger partial charge is 0.316 e. The molecule has 1 heterocycles. The Bertz CT molecular complexity index is 161. The third-order valence-corrected chi connectivity index (χ3v) is 2.69. The Morgan fingerprint density at radius 3 is 2.50 bits per heavy atom. The minimum atomic E-state index is 0.809. The molecule has 0 saturated carbocycles. The molecule has 80 valence electrons. The Hall–Kier alpha value is -0.600. The first-order valence-electron chi connectivity index (χ1n) is 5.51. The average molecular weight is 194 g/mol. The lowest BCUT2D eigenvalue weighted by atomic mass is 9.99. The highest BCUT2D eigenvalue weighted by Crippen LogP contribution is 2.11.